The first-order chi connectivity index (χ1) is 9.86. The average molecular weight is 307 g/mol. The number of H-pyrrole nitrogens is 1. The van der Waals surface area contributed by atoms with Crippen LogP contribution in [-0.2, 0) is 6.42 Å². The molecule has 114 valence electrons. The molecule has 2 heterocycles. The summed E-state index contributed by atoms with van der Waals surface area (Å²) in [7, 11) is 0. The lowest BCUT2D eigenvalue weighted by Gasteiger charge is -2.14. The van der Waals surface area contributed by atoms with Gasteiger partial charge in [0.1, 0.15) is 10.8 Å². The van der Waals surface area contributed by atoms with Gasteiger partial charge in [0, 0.05) is 6.42 Å². The highest BCUT2D eigenvalue weighted by atomic mass is 32.1. The van der Waals surface area contributed by atoms with Gasteiger partial charge >= 0.3 is 0 Å². The number of aromatic nitrogens is 4. The highest BCUT2D eigenvalue weighted by Crippen LogP contribution is 2.23. The predicted molar refractivity (Wildman–Crippen MR) is 84.8 cm³/mol. The molecule has 0 aliphatic heterocycles. The van der Waals surface area contributed by atoms with Gasteiger partial charge in [0.15, 0.2) is 0 Å². The third kappa shape index (κ3) is 3.87. The first kappa shape index (κ1) is 15.6. The van der Waals surface area contributed by atoms with Crippen molar-refractivity contribution in [2.24, 2.45) is 5.92 Å². The van der Waals surface area contributed by atoms with Crippen molar-refractivity contribution in [3.63, 3.8) is 0 Å². The number of rotatable bonds is 5. The first-order valence-electron chi connectivity index (χ1n) is 7.03. The minimum Gasteiger partial charge on any atom is -0.353 e. The van der Waals surface area contributed by atoms with Crippen molar-refractivity contribution in [1.82, 2.24) is 20.2 Å². The zero-order valence-corrected chi connectivity index (χ0v) is 13.8. The van der Waals surface area contributed by atoms with Crippen molar-refractivity contribution >= 4 is 16.5 Å². The van der Waals surface area contributed by atoms with Crippen LogP contribution in [0.25, 0.3) is 0 Å². The smallest absolute Gasteiger partial charge is 0.256 e. The molecule has 1 atom stereocenters. The Kier molecular flexibility index (Phi) is 4.72. The van der Waals surface area contributed by atoms with Crippen LogP contribution >= 0.6 is 11.3 Å². The second-order valence-electron chi connectivity index (χ2n) is 5.62. The van der Waals surface area contributed by atoms with Gasteiger partial charge in [-0.15, -0.1) is 10.2 Å². The van der Waals surface area contributed by atoms with Crippen molar-refractivity contribution in [2.75, 3.05) is 5.32 Å². The molecule has 2 aromatic heterocycles. The van der Waals surface area contributed by atoms with Crippen LogP contribution in [0.5, 0.6) is 0 Å². The Morgan fingerprint density at radius 1 is 1.24 bits per heavy atom. The van der Waals surface area contributed by atoms with Crippen LogP contribution in [0.4, 0.5) is 5.13 Å². The fraction of sp³-hybridized carbons (Fsp3) is 0.571. The minimum atomic E-state index is -0.165. The zero-order chi connectivity index (χ0) is 15.6. The van der Waals surface area contributed by atoms with Gasteiger partial charge in [-0.25, -0.2) is 4.98 Å². The Labute approximate surface area is 128 Å². The Bertz CT molecular complexity index is 676. The maximum atomic E-state index is 12.1. The van der Waals surface area contributed by atoms with Crippen LogP contribution in [0.2, 0.25) is 0 Å². The molecule has 0 bridgehead atoms. The third-order valence-corrected chi connectivity index (χ3v) is 3.96. The summed E-state index contributed by atoms with van der Waals surface area (Å²) in [4.78, 5) is 19.1. The maximum Gasteiger partial charge on any atom is 0.256 e. The molecule has 0 fully saturated rings. The van der Waals surface area contributed by atoms with E-state index in [1.807, 2.05) is 13.8 Å². The van der Waals surface area contributed by atoms with Gasteiger partial charge in [-0.1, -0.05) is 25.2 Å². The van der Waals surface area contributed by atoms with Crippen molar-refractivity contribution in [3.8, 4) is 0 Å². The number of nitrogens with one attached hydrogen (secondary N) is 2. The van der Waals surface area contributed by atoms with E-state index in [-0.39, 0.29) is 11.6 Å². The summed E-state index contributed by atoms with van der Waals surface area (Å²) in [5.41, 5.74) is 1.27. The van der Waals surface area contributed by atoms with Crippen LogP contribution < -0.4 is 10.9 Å². The van der Waals surface area contributed by atoms with Crippen molar-refractivity contribution in [2.45, 2.75) is 47.1 Å². The lowest BCUT2D eigenvalue weighted by Crippen LogP contribution is -2.23. The molecular formula is C14H21N5OS. The number of aromatic amines is 1. The summed E-state index contributed by atoms with van der Waals surface area (Å²) in [6, 6.07) is -0.165. The van der Waals surface area contributed by atoms with Crippen LogP contribution in [0.3, 0.4) is 0 Å². The molecule has 0 aliphatic carbocycles. The van der Waals surface area contributed by atoms with Gasteiger partial charge in [-0.05, 0) is 26.7 Å². The minimum absolute atomic E-state index is 0.105. The second-order valence-corrected chi connectivity index (χ2v) is 6.68. The lowest BCUT2D eigenvalue weighted by atomic mass is 10.1. The Morgan fingerprint density at radius 3 is 2.57 bits per heavy atom. The quantitative estimate of drug-likeness (QED) is 0.887. The van der Waals surface area contributed by atoms with E-state index >= 15 is 0 Å². The molecule has 0 radical (unpaired) electrons. The summed E-state index contributed by atoms with van der Waals surface area (Å²) in [6.07, 6.45) is 0.916. The standard InChI is InChI=1S/C14H21N5OS/c1-7(2)6-11-18-19-14(21-11)16-9(4)12-8(3)15-10(5)17-13(12)20/h7,9H,6H2,1-5H3,(H,16,19)(H,15,17,20). The van der Waals surface area contributed by atoms with Crippen molar-refractivity contribution in [3.05, 3.63) is 32.4 Å². The number of nitrogens with zero attached hydrogens (tertiary/aromatic N) is 3. The van der Waals surface area contributed by atoms with E-state index in [1.165, 1.54) is 11.3 Å². The van der Waals surface area contributed by atoms with Crippen LogP contribution in [0, 0.1) is 19.8 Å². The lowest BCUT2D eigenvalue weighted by molar-refractivity contribution is 0.640. The molecule has 2 N–H and O–H groups in total. The van der Waals surface area contributed by atoms with E-state index in [2.05, 4.69) is 39.3 Å². The van der Waals surface area contributed by atoms with E-state index in [1.54, 1.807) is 6.92 Å². The molecular weight excluding hydrogens is 286 g/mol. The zero-order valence-electron chi connectivity index (χ0n) is 13.0. The Balaban J connectivity index is 2.16. The van der Waals surface area contributed by atoms with Crippen LogP contribution in [-0.4, -0.2) is 20.2 Å². The topological polar surface area (TPSA) is 83.6 Å². The molecule has 0 aromatic carbocycles. The van der Waals surface area contributed by atoms with E-state index in [0.29, 0.717) is 17.3 Å². The number of anilines is 1. The number of hydrogen-bond acceptors (Lipinski definition) is 6. The first-order valence-corrected chi connectivity index (χ1v) is 7.84. The van der Waals surface area contributed by atoms with Gasteiger partial charge in [0.05, 0.1) is 17.3 Å². The van der Waals surface area contributed by atoms with Crippen molar-refractivity contribution in [1.29, 1.82) is 0 Å². The third-order valence-electron chi connectivity index (χ3n) is 3.09. The van der Waals surface area contributed by atoms with Gasteiger partial charge < -0.3 is 10.3 Å². The summed E-state index contributed by atoms with van der Waals surface area (Å²) in [5.74, 6) is 1.18. The Hall–Kier alpha value is -1.76. The monoisotopic (exact) mass is 307 g/mol. The van der Waals surface area contributed by atoms with E-state index in [9.17, 15) is 4.79 Å². The van der Waals surface area contributed by atoms with E-state index in [0.717, 1.165) is 22.3 Å². The molecule has 0 saturated carbocycles. The highest BCUT2D eigenvalue weighted by molar-refractivity contribution is 7.15. The van der Waals surface area contributed by atoms with Gasteiger partial charge in [-0.3, -0.25) is 4.79 Å². The van der Waals surface area contributed by atoms with E-state index < -0.39 is 0 Å². The second kappa shape index (κ2) is 6.34. The van der Waals surface area contributed by atoms with Gasteiger partial charge in [-0.2, -0.15) is 0 Å². The summed E-state index contributed by atoms with van der Waals surface area (Å²) in [5, 5.41) is 13.3. The van der Waals surface area contributed by atoms with Crippen LogP contribution in [0.15, 0.2) is 4.79 Å². The summed E-state index contributed by atoms with van der Waals surface area (Å²) >= 11 is 1.53. The number of aryl methyl sites for hydroxylation is 2. The molecule has 2 rings (SSSR count). The maximum absolute atomic E-state index is 12.1. The molecule has 6 nitrogen and oxygen atoms in total. The normalized spacial score (nSPS) is 12.7. The van der Waals surface area contributed by atoms with Crippen molar-refractivity contribution < 1.29 is 0 Å². The molecule has 1 unspecified atom stereocenters. The molecule has 21 heavy (non-hydrogen) atoms. The predicted octanol–water partition coefficient (Wildman–Crippen LogP) is 2.61. The SMILES string of the molecule is Cc1nc(C)c(C(C)Nc2nnc(CC(C)C)s2)c(=O)[nH]1. The summed E-state index contributed by atoms with van der Waals surface area (Å²) < 4.78 is 0. The molecule has 0 saturated heterocycles. The molecule has 2 aromatic rings. The highest BCUT2D eigenvalue weighted by Gasteiger charge is 2.16. The fourth-order valence-electron chi connectivity index (χ4n) is 2.25. The molecule has 0 spiro atoms. The van der Waals surface area contributed by atoms with Gasteiger partial charge in [0.25, 0.3) is 5.56 Å². The van der Waals surface area contributed by atoms with E-state index in [4.69, 9.17) is 0 Å². The Morgan fingerprint density at radius 2 is 1.95 bits per heavy atom. The molecule has 0 aliphatic rings. The fourth-order valence-corrected chi connectivity index (χ4v) is 3.29. The molecule has 0 amide bonds. The van der Waals surface area contributed by atoms with Gasteiger partial charge in [0.2, 0.25) is 5.13 Å². The largest absolute Gasteiger partial charge is 0.353 e. The van der Waals surface area contributed by atoms with Crippen LogP contribution in [0.1, 0.15) is 48.9 Å². The average Bonchev–Trinajstić information content (AvgIpc) is 2.73. The number of hydrogen-bond donors (Lipinski definition) is 2. The molecule has 7 heteroatoms. The summed E-state index contributed by atoms with van der Waals surface area (Å²) in [6.45, 7) is 9.85.